The van der Waals surface area contributed by atoms with Gasteiger partial charge in [-0.2, -0.15) is 0 Å². The Hall–Kier alpha value is -5.20. The molecule has 0 radical (unpaired) electrons. The molecule has 0 saturated carbocycles. The van der Waals surface area contributed by atoms with E-state index >= 15 is 4.39 Å². The Morgan fingerprint density at radius 1 is 1.02 bits per heavy atom. The number of rotatable bonds is 6. The maximum atomic E-state index is 16.0. The van der Waals surface area contributed by atoms with Crippen molar-refractivity contribution < 1.29 is 27.9 Å². The van der Waals surface area contributed by atoms with Gasteiger partial charge in [0.1, 0.15) is 16.5 Å². The Bertz CT molecular complexity index is 2180. The number of thiophene rings is 1. The van der Waals surface area contributed by atoms with Crippen LogP contribution < -0.4 is 20.4 Å². The number of hydrogen-bond donors (Lipinski definition) is 2. The summed E-state index contributed by atoms with van der Waals surface area (Å²) in [7, 11) is 0. The molecule has 53 heavy (non-hydrogen) atoms. The Morgan fingerprint density at radius 3 is 2.57 bits per heavy atom. The maximum absolute atomic E-state index is 16.0. The van der Waals surface area contributed by atoms with E-state index < -0.39 is 17.5 Å². The van der Waals surface area contributed by atoms with E-state index in [4.69, 9.17) is 4.74 Å². The van der Waals surface area contributed by atoms with Crippen LogP contribution in [0.25, 0.3) is 10.4 Å². The molecule has 1 unspecified atom stereocenters. The number of fused-ring (bicyclic) bond motifs is 3. The molecule has 0 bridgehead atoms. The first-order valence-electron chi connectivity index (χ1n) is 17.9. The summed E-state index contributed by atoms with van der Waals surface area (Å²) in [6, 6.07) is 13.3. The second-order valence-corrected chi connectivity index (χ2v) is 15.4. The van der Waals surface area contributed by atoms with Crippen molar-refractivity contribution >= 4 is 46.3 Å². The predicted octanol–water partition coefficient (Wildman–Crippen LogP) is 7.15. The van der Waals surface area contributed by atoms with Gasteiger partial charge in [-0.3, -0.25) is 14.4 Å². The third kappa shape index (κ3) is 6.54. The van der Waals surface area contributed by atoms with Crippen molar-refractivity contribution in [1.29, 1.82) is 0 Å². The Morgan fingerprint density at radius 2 is 1.81 bits per heavy atom. The summed E-state index contributed by atoms with van der Waals surface area (Å²) in [5.74, 6) is -1.76. The molecule has 9 nitrogen and oxygen atoms in total. The van der Waals surface area contributed by atoms with Gasteiger partial charge in [0, 0.05) is 66.0 Å². The van der Waals surface area contributed by atoms with Crippen molar-refractivity contribution in [2.45, 2.75) is 45.6 Å². The van der Waals surface area contributed by atoms with E-state index in [-0.39, 0.29) is 46.8 Å². The van der Waals surface area contributed by atoms with Crippen molar-refractivity contribution in [3.05, 3.63) is 117 Å². The van der Waals surface area contributed by atoms with E-state index in [1.807, 2.05) is 49.4 Å². The van der Waals surface area contributed by atoms with Gasteiger partial charge in [-0.15, -0.1) is 11.3 Å². The number of para-hydroxylation sites is 2. The molecule has 3 aliphatic heterocycles. The largest absolute Gasteiger partial charge is 0.381 e. The lowest BCUT2D eigenvalue weighted by Gasteiger charge is -2.53. The Labute approximate surface area is 310 Å². The molecular weight excluding hydrogens is 697 g/mol. The second-order valence-electron chi connectivity index (χ2n) is 14.3. The van der Waals surface area contributed by atoms with Crippen molar-refractivity contribution in [3.8, 4) is 10.4 Å². The van der Waals surface area contributed by atoms with E-state index in [0.717, 1.165) is 56.0 Å². The summed E-state index contributed by atoms with van der Waals surface area (Å²) < 4.78 is 36.0. The van der Waals surface area contributed by atoms with Crippen LogP contribution >= 0.6 is 11.3 Å². The molecule has 1 aliphatic carbocycles. The molecule has 5 heterocycles. The van der Waals surface area contributed by atoms with Crippen molar-refractivity contribution in [3.63, 3.8) is 0 Å². The Balaban J connectivity index is 0.961. The highest BCUT2D eigenvalue weighted by Gasteiger charge is 2.45. The zero-order valence-corrected chi connectivity index (χ0v) is 30.3. The Kier molecular flexibility index (Phi) is 9.20. The lowest BCUT2D eigenvalue weighted by atomic mass is 9.73. The van der Waals surface area contributed by atoms with Gasteiger partial charge in [0.05, 0.1) is 23.0 Å². The molecular formula is C41H39F2N5O4S. The number of amides is 3. The normalized spacial score (nSPS) is 18.7. The molecule has 4 aromatic rings. The number of nitrogens with one attached hydrogen (secondary N) is 2. The standard InChI is InChI=1S/C41H39F2N5O4S/c1-24-20-30(37(44-21-24)47-22-41(23-47)15-18-52-19-16-41)38(49)45-27-12-10-26(11-13-27)40(51)48-17-14-29-33(43)36(53-35(29)28-7-3-4-9-32(28)48)39(50)46-34-25(2)6-5-8-31(34)42/h3-12,20-21,27H,13-19,22-23H2,1-2H3,(H,45,49)(H,46,50). The third-order valence-corrected chi connectivity index (χ3v) is 11.9. The van der Waals surface area contributed by atoms with Crippen LogP contribution in [-0.2, 0) is 16.0 Å². The van der Waals surface area contributed by atoms with E-state index in [2.05, 4.69) is 20.5 Å². The van der Waals surface area contributed by atoms with Crippen molar-refractivity contribution in [2.24, 2.45) is 5.41 Å². The molecule has 2 fully saturated rings. The van der Waals surface area contributed by atoms with Crippen LogP contribution in [0.4, 0.5) is 26.0 Å². The number of nitrogens with zero attached hydrogens (tertiary/aromatic N) is 3. The minimum Gasteiger partial charge on any atom is -0.381 e. The summed E-state index contributed by atoms with van der Waals surface area (Å²) >= 11 is 0.996. The number of carbonyl (C=O) groups excluding carboxylic acids is 3. The first-order chi connectivity index (χ1) is 25.6. The van der Waals surface area contributed by atoms with E-state index in [1.54, 1.807) is 36.2 Å². The number of aryl methyl sites for hydroxylation is 2. The van der Waals surface area contributed by atoms with Crippen molar-refractivity contribution in [1.82, 2.24) is 10.3 Å². The van der Waals surface area contributed by atoms with Crippen LogP contribution in [0.5, 0.6) is 0 Å². The van der Waals surface area contributed by atoms with Crippen LogP contribution in [0.15, 0.2) is 78.5 Å². The third-order valence-electron chi connectivity index (χ3n) is 10.7. The number of ether oxygens (including phenoxy) is 1. The average Bonchev–Trinajstić information content (AvgIpc) is 3.38. The first-order valence-corrected chi connectivity index (χ1v) is 18.7. The molecule has 272 valence electrons. The van der Waals surface area contributed by atoms with Gasteiger partial charge in [0.2, 0.25) is 0 Å². The van der Waals surface area contributed by atoms with Crippen molar-refractivity contribution in [2.75, 3.05) is 48.0 Å². The number of anilines is 3. The average molecular weight is 736 g/mol. The number of benzene rings is 2. The van der Waals surface area contributed by atoms with Gasteiger partial charge in [-0.05, 0) is 68.9 Å². The second kappa shape index (κ2) is 14.0. The smallest absolute Gasteiger partial charge is 0.268 e. The lowest BCUT2D eigenvalue weighted by Crippen LogP contribution is -2.59. The summed E-state index contributed by atoms with van der Waals surface area (Å²) in [4.78, 5) is 49.8. The van der Waals surface area contributed by atoms with Gasteiger partial charge in [0.25, 0.3) is 17.7 Å². The fourth-order valence-electron chi connectivity index (χ4n) is 7.75. The topological polar surface area (TPSA) is 104 Å². The lowest BCUT2D eigenvalue weighted by molar-refractivity contribution is -0.114. The summed E-state index contributed by atoms with van der Waals surface area (Å²) in [5, 5.41) is 5.66. The van der Waals surface area contributed by atoms with Gasteiger partial charge in [0.15, 0.2) is 5.82 Å². The number of halogens is 2. The number of pyridine rings is 1. The fraction of sp³-hybridized carbons (Fsp3) is 0.317. The SMILES string of the molecule is Cc1cnc(N2CC3(CCOCC3)C2)c(C(=O)NC2C=CC(C(=O)N3CCc4c(sc(C(=O)Nc5c(C)cccc5F)c4F)-c4ccccc43)=CC2)c1. The predicted molar refractivity (Wildman–Crippen MR) is 202 cm³/mol. The molecule has 2 aromatic heterocycles. The number of aromatic nitrogens is 1. The zero-order valence-electron chi connectivity index (χ0n) is 29.5. The van der Waals surface area contributed by atoms with Gasteiger partial charge < -0.3 is 25.2 Å². The molecule has 4 aliphatic rings. The van der Waals surface area contributed by atoms with Crippen LogP contribution in [0.3, 0.4) is 0 Å². The minimum absolute atomic E-state index is 0.0143. The maximum Gasteiger partial charge on any atom is 0.268 e. The summed E-state index contributed by atoms with van der Waals surface area (Å²) in [6.45, 7) is 7.03. The number of hydrogen-bond acceptors (Lipinski definition) is 7. The molecule has 3 amide bonds. The van der Waals surface area contributed by atoms with Crippen LogP contribution in [0.1, 0.15) is 56.0 Å². The summed E-state index contributed by atoms with van der Waals surface area (Å²) in [6.07, 6.45) is 9.81. The van der Waals surface area contributed by atoms with Crippen LogP contribution in [0.2, 0.25) is 0 Å². The van der Waals surface area contributed by atoms with Crippen LogP contribution in [0, 0.1) is 30.9 Å². The van der Waals surface area contributed by atoms with Crippen LogP contribution in [-0.4, -0.2) is 61.6 Å². The monoisotopic (exact) mass is 735 g/mol. The van der Waals surface area contributed by atoms with Gasteiger partial charge in [-0.1, -0.05) is 48.6 Å². The zero-order chi connectivity index (χ0) is 36.9. The molecule has 12 heteroatoms. The highest BCUT2D eigenvalue weighted by atomic mass is 32.1. The van der Waals surface area contributed by atoms with Gasteiger partial charge >= 0.3 is 0 Å². The highest BCUT2D eigenvalue weighted by molar-refractivity contribution is 7.17. The molecule has 2 saturated heterocycles. The van der Waals surface area contributed by atoms with Gasteiger partial charge in [-0.25, -0.2) is 13.8 Å². The first kappa shape index (κ1) is 34.9. The molecule has 8 rings (SSSR count). The highest BCUT2D eigenvalue weighted by Crippen LogP contribution is 2.45. The molecule has 1 spiro atoms. The quantitative estimate of drug-likeness (QED) is 0.218. The van der Waals surface area contributed by atoms with E-state index in [1.165, 1.54) is 6.07 Å². The van der Waals surface area contributed by atoms with E-state index in [0.29, 0.717) is 50.6 Å². The molecule has 1 atom stereocenters. The number of carbonyl (C=O) groups is 3. The summed E-state index contributed by atoms with van der Waals surface area (Å²) in [5.41, 5.74) is 4.26. The molecule has 2 N–H and O–H groups in total. The molecule has 2 aromatic carbocycles. The fourth-order valence-corrected chi connectivity index (χ4v) is 8.91. The minimum atomic E-state index is -0.725. The van der Waals surface area contributed by atoms with E-state index in [9.17, 15) is 18.8 Å².